The molecule has 1 rings (SSSR count). The maximum absolute atomic E-state index is 6.08. The number of hydrogen-bond donors (Lipinski definition) is 0. The minimum atomic E-state index is 0.599. The van der Waals surface area contributed by atoms with Crippen molar-refractivity contribution in [3.05, 3.63) is 32.8 Å². The fourth-order valence-electron chi connectivity index (χ4n) is 1.54. The van der Waals surface area contributed by atoms with Gasteiger partial charge in [0.2, 0.25) is 0 Å². The molecular formula is C12H15Cl3. The van der Waals surface area contributed by atoms with Crippen LogP contribution in [0.1, 0.15) is 38.2 Å². The Morgan fingerprint density at radius 3 is 2.07 bits per heavy atom. The first-order valence-corrected chi connectivity index (χ1v) is 6.42. The second kappa shape index (κ2) is 6.62. The van der Waals surface area contributed by atoms with Gasteiger partial charge >= 0.3 is 0 Å². The second-order valence-electron chi connectivity index (χ2n) is 3.66. The lowest BCUT2D eigenvalue weighted by atomic mass is 10.1. The van der Waals surface area contributed by atoms with Crippen molar-refractivity contribution in [3.63, 3.8) is 0 Å². The normalized spacial score (nSPS) is 10.7. The van der Waals surface area contributed by atoms with E-state index < -0.39 is 0 Å². The van der Waals surface area contributed by atoms with E-state index in [1.54, 1.807) is 12.1 Å². The molecule has 0 bridgehead atoms. The number of unbranched alkanes of at least 4 members (excludes halogenated alkanes) is 3. The summed E-state index contributed by atoms with van der Waals surface area (Å²) >= 11 is 18.0. The summed E-state index contributed by atoms with van der Waals surface area (Å²) in [5.74, 6) is 0. The molecule has 15 heavy (non-hydrogen) atoms. The smallest absolute Gasteiger partial charge is 0.0467 e. The molecule has 1 aromatic carbocycles. The van der Waals surface area contributed by atoms with Crippen LogP contribution in [0.25, 0.3) is 0 Å². The van der Waals surface area contributed by atoms with Gasteiger partial charge in [-0.3, -0.25) is 0 Å². The number of rotatable bonds is 5. The minimum absolute atomic E-state index is 0.599. The average molecular weight is 266 g/mol. The Morgan fingerprint density at radius 2 is 1.53 bits per heavy atom. The highest BCUT2D eigenvalue weighted by atomic mass is 35.5. The van der Waals surface area contributed by atoms with E-state index in [1.165, 1.54) is 19.3 Å². The Labute approximate surface area is 107 Å². The fourth-order valence-corrected chi connectivity index (χ4v) is 2.55. The summed E-state index contributed by atoms with van der Waals surface area (Å²) in [5, 5.41) is 1.97. The summed E-state index contributed by atoms with van der Waals surface area (Å²) in [5.41, 5.74) is 1.03. The standard InChI is InChI=1S/C12H15Cl3/c1-2-3-4-5-6-10-11(14)7-9(13)8-12(10)15/h7-8H,2-6H2,1H3. The SMILES string of the molecule is CCCCCCc1c(Cl)cc(Cl)cc1Cl. The summed E-state index contributed by atoms with van der Waals surface area (Å²) in [4.78, 5) is 0. The zero-order chi connectivity index (χ0) is 11.3. The van der Waals surface area contributed by atoms with Gasteiger partial charge in [0.1, 0.15) is 0 Å². The molecule has 0 saturated heterocycles. The molecule has 3 heteroatoms. The molecule has 0 nitrogen and oxygen atoms in total. The van der Waals surface area contributed by atoms with Gasteiger partial charge in [0.05, 0.1) is 0 Å². The van der Waals surface area contributed by atoms with Crippen molar-refractivity contribution in [2.75, 3.05) is 0 Å². The molecule has 0 unspecified atom stereocenters. The van der Waals surface area contributed by atoms with Gasteiger partial charge in [-0.05, 0) is 30.5 Å². The Hall–Kier alpha value is 0.0900. The van der Waals surface area contributed by atoms with Crippen molar-refractivity contribution < 1.29 is 0 Å². The van der Waals surface area contributed by atoms with E-state index >= 15 is 0 Å². The Balaban J connectivity index is 2.60. The predicted molar refractivity (Wildman–Crippen MR) is 69.3 cm³/mol. The molecule has 1 aromatic rings. The van der Waals surface area contributed by atoms with E-state index in [2.05, 4.69) is 6.92 Å². The number of halogens is 3. The minimum Gasteiger partial charge on any atom is -0.0842 e. The lowest BCUT2D eigenvalue weighted by Gasteiger charge is -2.07. The average Bonchev–Trinajstić information content (AvgIpc) is 2.15. The third kappa shape index (κ3) is 4.22. The zero-order valence-electron chi connectivity index (χ0n) is 8.82. The lowest BCUT2D eigenvalue weighted by molar-refractivity contribution is 0.667. The molecule has 0 saturated carbocycles. The van der Waals surface area contributed by atoms with Crippen LogP contribution < -0.4 is 0 Å². The first kappa shape index (κ1) is 13.2. The van der Waals surface area contributed by atoms with Crippen LogP contribution in [0.5, 0.6) is 0 Å². The summed E-state index contributed by atoms with van der Waals surface area (Å²) < 4.78 is 0. The quantitative estimate of drug-likeness (QED) is 0.593. The third-order valence-electron chi connectivity index (χ3n) is 2.39. The first-order valence-electron chi connectivity index (χ1n) is 5.28. The molecule has 0 aliphatic carbocycles. The predicted octanol–water partition coefficient (Wildman–Crippen LogP) is 5.77. The lowest BCUT2D eigenvalue weighted by Crippen LogP contribution is -1.89. The van der Waals surface area contributed by atoms with Crippen molar-refractivity contribution in [1.29, 1.82) is 0 Å². The molecular weight excluding hydrogens is 250 g/mol. The van der Waals surface area contributed by atoms with E-state index in [1.807, 2.05) is 0 Å². The van der Waals surface area contributed by atoms with E-state index in [0.29, 0.717) is 15.1 Å². The van der Waals surface area contributed by atoms with Gasteiger partial charge in [-0.1, -0.05) is 61.0 Å². The van der Waals surface area contributed by atoms with Crippen LogP contribution in [0.3, 0.4) is 0 Å². The summed E-state index contributed by atoms with van der Waals surface area (Å²) in [7, 11) is 0. The molecule has 0 aromatic heterocycles. The highest BCUT2D eigenvalue weighted by molar-refractivity contribution is 6.39. The first-order chi connectivity index (χ1) is 7.15. The zero-order valence-corrected chi connectivity index (χ0v) is 11.1. The van der Waals surface area contributed by atoms with Gasteiger partial charge in [-0.2, -0.15) is 0 Å². The van der Waals surface area contributed by atoms with Crippen molar-refractivity contribution in [2.24, 2.45) is 0 Å². The highest BCUT2D eigenvalue weighted by Gasteiger charge is 2.07. The van der Waals surface area contributed by atoms with Crippen molar-refractivity contribution in [1.82, 2.24) is 0 Å². The van der Waals surface area contributed by atoms with Gasteiger partial charge in [0, 0.05) is 15.1 Å². The maximum Gasteiger partial charge on any atom is 0.0467 e. The molecule has 84 valence electrons. The molecule has 0 heterocycles. The van der Waals surface area contributed by atoms with Crippen LogP contribution in [0.2, 0.25) is 15.1 Å². The van der Waals surface area contributed by atoms with Gasteiger partial charge in [0.25, 0.3) is 0 Å². The van der Waals surface area contributed by atoms with Crippen LogP contribution in [0.15, 0.2) is 12.1 Å². The maximum atomic E-state index is 6.08. The van der Waals surface area contributed by atoms with Gasteiger partial charge in [-0.25, -0.2) is 0 Å². The molecule has 0 aliphatic heterocycles. The van der Waals surface area contributed by atoms with Crippen molar-refractivity contribution in [2.45, 2.75) is 39.0 Å². The van der Waals surface area contributed by atoms with Gasteiger partial charge in [0.15, 0.2) is 0 Å². The molecule has 0 atom stereocenters. The number of hydrogen-bond acceptors (Lipinski definition) is 0. The molecule has 0 fully saturated rings. The summed E-state index contributed by atoms with van der Waals surface area (Å²) in [6.45, 7) is 2.20. The Kier molecular flexibility index (Phi) is 5.81. The van der Waals surface area contributed by atoms with Crippen LogP contribution >= 0.6 is 34.8 Å². The van der Waals surface area contributed by atoms with Crippen molar-refractivity contribution >= 4 is 34.8 Å². The Morgan fingerprint density at radius 1 is 0.933 bits per heavy atom. The van der Waals surface area contributed by atoms with Crippen LogP contribution in [0, 0.1) is 0 Å². The molecule has 0 amide bonds. The van der Waals surface area contributed by atoms with Crippen LogP contribution in [-0.2, 0) is 6.42 Å². The largest absolute Gasteiger partial charge is 0.0842 e. The van der Waals surface area contributed by atoms with Gasteiger partial charge in [-0.15, -0.1) is 0 Å². The van der Waals surface area contributed by atoms with Crippen LogP contribution in [-0.4, -0.2) is 0 Å². The van der Waals surface area contributed by atoms with Crippen LogP contribution in [0.4, 0.5) is 0 Å². The highest BCUT2D eigenvalue weighted by Crippen LogP contribution is 2.30. The molecule has 0 spiro atoms. The molecule has 0 N–H and O–H groups in total. The summed E-state index contributed by atoms with van der Waals surface area (Å²) in [6.07, 6.45) is 5.81. The molecule has 0 aliphatic rings. The van der Waals surface area contributed by atoms with E-state index in [4.69, 9.17) is 34.8 Å². The fraction of sp³-hybridized carbons (Fsp3) is 0.500. The molecule has 0 radical (unpaired) electrons. The van der Waals surface area contributed by atoms with Gasteiger partial charge < -0.3 is 0 Å². The Bertz CT molecular complexity index is 298. The second-order valence-corrected chi connectivity index (χ2v) is 4.91. The third-order valence-corrected chi connectivity index (χ3v) is 3.28. The van der Waals surface area contributed by atoms with E-state index in [0.717, 1.165) is 18.4 Å². The topological polar surface area (TPSA) is 0 Å². The monoisotopic (exact) mass is 264 g/mol. The van der Waals surface area contributed by atoms with E-state index in [-0.39, 0.29) is 0 Å². The summed E-state index contributed by atoms with van der Waals surface area (Å²) in [6, 6.07) is 3.51. The van der Waals surface area contributed by atoms with Crippen molar-refractivity contribution in [3.8, 4) is 0 Å². The van der Waals surface area contributed by atoms with E-state index in [9.17, 15) is 0 Å². The number of benzene rings is 1.